The number of halogens is 3. The molecule has 0 bridgehead atoms. The van der Waals surface area contributed by atoms with Gasteiger partial charge in [0.2, 0.25) is 0 Å². The molecule has 0 radical (unpaired) electrons. The normalized spacial score (nSPS) is 17.1. The number of carboxylic acid groups (broad SMARTS) is 1. The van der Waals surface area contributed by atoms with Crippen molar-refractivity contribution in [2.75, 3.05) is 0 Å². The lowest BCUT2D eigenvalue weighted by Gasteiger charge is -2.15. The van der Waals surface area contributed by atoms with E-state index in [0.29, 0.717) is 0 Å². The zero-order chi connectivity index (χ0) is 9.94. The highest BCUT2D eigenvalue weighted by atomic mass is 19.4. The number of rotatable bonds is 3. The van der Waals surface area contributed by atoms with Crippen LogP contribution in [0.1, 0.15) is 6.42 Å². The molecule has 72 valence electrons. The third-order valence-corrected chi connectivity index (χ3v) is 1.17. The Morgan fingerprint density at radius 3 is 2.17 bits per heavy atom. The van der Waals surface area contributed by atoms with Gasteiger partial charge in [-0.25, -0.2) is 0 Å². The molecule has 0 saturated carbocycles. The minimum atomic E-state index is -4.81. The molecule has 2 atom stereocenters. The topological polar surface area (TPSA) is 83.5 Å². The summed E-state index contributed by atoms with van der Waals surface area (Å²) in [5.41, 5.74) is 4.75. The van der Waals surface area contributed by atoms with Crippen LogP contribution in [0.15, 0.2) is 0 Å². The zero-order valence-electron chi connectivity index (χ0n) is 5.88. The van der Waals surface area contributed by atoms with Gasteiger partial charge in [0.05, 0.1) is 0 Å². The molecule has 7 heteroatoms. The number of carboxylic acids is 1. The van der Waals surface area contributed by atoms with Gasteiger partial charge in [-0.15, -0.1) is 0 Å². The lowest BCUT2D eigenvalue weighted by molar-refractivity contribution is -0.207. The predicted molar refractivity (Wildman–Crippen MR) is 32.3 cm³/mol. The van der Waals surface area contributed by atoms with E-state index in [2.05, 4.69) is 0 Å². The molecule has 0 aromatic heterocycles. The first-order chi connectivity index (χ1) is 5.25. The van der Waals surface area contributed by atoms with Crippen molar-refractivity contribution in [3.8, 4) is 0 Å². The highest BCUT2D eigenvalue weighted by Crippen LogP contribution is 2.22. The number of aliphatic hydroxyl groups excluding tert-OH is 1. The first-order valence-corrected chi connectivity index (χ1v) is 2.98. The van der Waals surface area contributed by atoms with E-state index in [9.17, 15) is 18.0 Å². The van der Waals surface area contributed by atoms with Crippen LogP contribution in [0.3, 0.4) is 0 Å². The van der Waals surface area contributed by atoms with Gasteiger partial charge in [0.1, 0.15) is 6.04 Å². The molecule has 4 N–H and O–H groups in total. The van der Waals surface area contributed by atoms with Crippen LogP contribution in [0, 0.1) is 0 Å². The monoisotopic (exact) mass is 187 g/mol. The molecule has 0 saturated heterocycles. The third-order valence-electron chi connectivity index (χ3n) is 1.17. The van der Waals surface area contributed by atoms with E-state index < -0.39 is 30.7 Å². The summed E-state index contributed by atoms with van der Waals surface area (Å²) in [6.45, 7) is 0. The smallest absolute Gasteiger partial charge is 0.414 e. The van der Waals surface area contributed by atoms with Crippen LogP contribution < -0.4 is 5.73 Å². The molecule has 4 nitrogen and oxygen atoms in total. The van der Waals surface area contributed by atoms with Crippen LogP contribution in [-0.4, -0.2) is 34.5 Å². The number of hydrogen-bond acceptors (Lipinski definition) is 3. The van der Waals surface area contributed by atoms with Crippen LogP contribution in [0.4, 0.5) is 13.2 Å². The molecular formula is C5H8F3NO3. The number of aliphatic carboxylic acids is 1. The van der Waals surface area contributed by atoms with Gasteiger partial charge in [-0.3, -0.25) is 4.79 Å². The molecule has 0 amide bonds. The summed E-state index contributed by atoms with van der Waals surface area (Å²) in [6.07, 6.45) is -8.52. The Bertz CT molecular complexity index is 170. The number of aliphatic hydroxyl groups is 1. The maximum atomic E-state index is 11.6. The van der Waals surface area contributed by atoms with Gasteiger partial charge in [-0.2, -0.15) is 13.2 Å². The van der Waals surface area contributed by atoms with Crippen LogP contribution in [0.2, 0.25) is 0 Å². The zero-order valence-corrected chi connectivity index (χ0v) is 5.88. The predicted octanol–water partition coefficient (Wildman–Crippen LogP) is -0.288. The molecule has 0 fully saturated rings. The third kappa shape index (κ3) is 3.54. The summed E-state index contributed by atoms with van der Waals surface area (Å²) in [7, 11) is 0. The standard InChI is InChI=1S/C5H8F3NO3/c6-5(7,8)3(10)1-2(9)4(11)12/h2-3,10H,1,9H2,(H,11,12). The van der Waals surface area contributed by atoms with E-state index in [1.807, 2.05) is 0 Å². The van der Waals surface area contributed by atoms with Crippen molar-refractivity contribution < 1.29 is 28.2 Å². The first kappa shape index (κ1) is 11.2. The van der Waals surface area contributed by atoms with E-state index in [4.69, 9.17) is 15.9 Å². The molecule has 0 aromatic rings. The lowest BCUT2D eigenvalue weighted by atomic mass is 10.1. The van der Waals surface area contributed by atoms with Crippen LogP contribution >= 0.6 is 0 Å². The average Bonchev–Trinajstić information content (AvgIpc) is 1.85. The van der Waals surface area contributed by atoms with Crippen molar-refractivity contribution in [2.45, 2.75) is 24.7 Å². The molecule has 0 aromatic carbocycles. The highest BCUT2D eigenvalue weighted by molar-refractivity contribution is 5.73. The second-order valence-electron chi connectivity index (χ2n) is 2.24. The summed E-state index contributed by atoms with van der Waals surface area (Å²) in [5, 5.41) is 16.4. The van der Waals surface area contributed by atoms with Gasteiger partial charge < -0.3 is 15.9 Å². The number of nitrogens with two attached hydrogens (primary N) is 1. The Kier molecular flexibility index (Phi) is 3.47. The molecular weight excluding hydrogens is 179 g/mol. The molecule has 0 aliphatic carbocycles. The Labute approximate surface area is 65.8 Å². The van der Waals surface area contributed by atoms with E-state index in [1.54, 1.807) is 0 Å². The molecule has 2 unspecified atom stereocenters. The van der Waals surface area contributed by atoms with Crippen molar-refractivity contribution in [1.29, 1.82) is 0 Å². The second-order valence-corrected chi connectivity index (χ2v) is 2.24. The largest absolute Gasteiger partial charge is 0.480 e. The molecule has 0 aliphatic rings. The average molecular weight is 187 g/mol. The Hall–Kier alpha value is -0.820. The quantitative estimate of drug-likeness (QED) is 0.567. The van der Waals surface area contributed by atoms with E-state index in [0.717, 1.165) is 0 Å². The highest BCUT2D eigenvalue weighted by Gasteiger charge is 2.39. The van der Waals surface area contributed by atoms with Crippen molar-refractivity contribution in [3.63, 3.8) is 0 Å². The van der Waals surface area contributed by atoms with Crippen LogP contribution in [0.25, 0.3) is 0 Å². The van der Waals surface area contributed by atoms with Crippen LogP contribution in [0.5, 0.6) is 0 Å². The maximum absolute atomic E-state index is 11.6. The Balaban J connectivity index is 4.01. The van der Waals surface area contributed by atoms with Crippen molar-refractivity contribution in [2.24, 2.45) is 5.73 Å². The fraction of sp³-hybridized carbons (Fsp3) is 0.800. The van der Waals surface area contributed by atoms with Gasteiger partial charge in [-0.05, 0) is 0 Å². The van der Waals surface area contributed by atoms with E-state index >= 15 is 0 Å². The number of carbonyl (C=O) groups is 1. The van der Waals surface area contributed by atoms with Gasteiger partial charge in [0, 0.05) is 6.42 Å². The maximum Gasteiger partial charge on any atom is 0.414 e. The van der Waals surface area contributed by atoms with Crippen molar-refractivity contribution in [3.05, 3.63) is 0 Å². The first-order valence-electron chi connectivity index (χ1n) is 2.98. The number of hydrogen-bond donors (Lipinski definition) is 3. The van der Waals surface area contributed by atoms with Gasteiger partial charge >= 0.3 is 12.1 Å². The van der Waals surface area contributed by atoms with Crippen molar-refractivity contribution >= 4 is 5.97 Å². The summed E-state index contributed by atoms with van der Waals surface area (Å²) < 4.78 is 34.7. The van der Waals surface area contributed by atoms with E-state index in [1.165, 1.54) is 0 Å². The summed E-state index contributed by atoms with van der Waals surface area (Å²) in [6, 6.07) is -1.69. The van der Waals surface area contributed by atoms with Gasteiger partial charge in [0.25, 0.3) is 0 Å². The minimum Gasteiger partial charge on any atom is -0.480 e. The summed E-state index contributed by atoms with van der Waals surface area (Å²) in [4.78, 5) is 9.96. The minimum absolute atomic E-state index is 1.03. The second kappa shape index (κ2) is 3.72. The molecule has 0 rings (SSSR count). The molecule has 0 aliphatic heterocycles. The molecule has 12 heavy (non-hydrogen) atoms. The number of alkyl halides is 3. The van der Waals surface area contributed by atoms with Crippen molar-refractivity contribution in [1.82, 2.24) is 0 Å². The molecule has 0 heterocycles. The Morgan fingerprint density at radius 1 is 1.50 bits per heavy atom. The molecule has 0 spiro atoms. The Morgan fingerprint density at radius 2 is 1.92 bits per heavy atom. The SMILES string of the molecule is NC(CC(O)C(F)(F)F)C(=O)O. The van der Waals surface area contributed by atoms with E-state index in [-0.39, 0.29) is 0 Å². The fourth-order valence-corrected chi connectivity index (χ4v) is 0.475. The lowest BCUT2D eigenvalue weighted by Crippen LogP contribution is -2.39. The van der Waals surface area contributed by atoms with Gasteiger partial charge in [0.15, 0.2) is 6.10 Å². The fourth-order valence-electron chi connectivity index (χ4n) is 0.475. The van der Waals surface area contributed by atoms with Crippen LogP contribution in [-0.2, 0) is 4.79 Å². The summed E-state index contributed by atoms with van der Waals surface area (Å²) in [5.74, 6) is -1.57. The summed E-state index contributed by atoms with van der Waals surface area (Å²) >= 11 is 0. The van der Waals surface area contributed by atoms with Gasteiger partial charge in [-0.1, -0.05) is 0 Å².